The Hall–Kier alpha value is -1.40. The first-order chi connectivity index (χ1) is 10.9. The minimum absolute atomic E-state index is 0.0407. The van der Waals surface area contributed by atoms with Crippen molar-refractivity contribution in [2.75, 3.05) is 33.7 Å². The molecule has 0 spiro atoms. The first-order valence-corrected chi connectivity index (χ1v) is 8.55. The lowest BCUT2D eigenvalue weighted by molar-refractivity contribution is 0.00305. The summed E-state index contributed by atoms with van der Waals surface area (Å²) in [4.78, 5) is 16.7. The molecule has 0 radical (unpaired) electrons. The summed E-state index contributed by atoms with van der Waals surface area (Å²) >= 11 is 0. The van der Waals surface area contributed by atoms with Crippen LogP contribution in [0.25, 0.3) is 0 Å². The van der Waals surface area contributed by atoms with E-state index in [1.165, 1.54) is 0 Å². The fraction of sp³-hybridized carbons (Fsp3) is 0.765. The molecule has 1 N–H and O–H groups in total. The average molecular weight is 322 g/mol. The maximum Gasteiger partial charge on any atom is 0.257 e. The van der Waals surface area contributed by atoms with E-state index in [0.717, 1.165) is 31.5 Å². The summed E-state index contributed by atoms with van der Waals surface area (Å²) in [6.07, 6.45) is 4.88. The molecule has 2 rings (SSSR count). The average Bonchev–Trinajstić information content (AvgIpc) is 2.71. The summed E-state index contributed by atoms with van der Waals surface area (Å²) in [6, 6.07) is 0. The predicted octanol–water partition coefficient (Wildman–Crippen LogP) is 1.52. The Bertz CT molecular complexity index is 541. The van der Waals surface area contributed by atoms with Gasteiger partial charge in [0.05, 0.1) is 17.4 Å². The number of carbonyl (C=O) groups excluding carboxylic acids is 1. The molecule has 23 heavy (non-hydrogen) atoms. The van der Waals surface area contributed by atoms with Crippen LogP contribution in [0.1, 0.15) is 48.7 Å². The molecule has 1 aromatic rings. The molecule has 2 heterocycles. The number of likely N-dealkylation sites (N-methyl/N-ethyl adjacent to an activating group) is 1. The third-order valence-corrected chi connectivity index (χ3v) is 4.58. The molecular weight excluding hydrogens is 292 g/mol. The van der Waals surface area contributed by atoms with Gasteiger partial charge in [-0.2, -0.15) is 5.10 Å². The minimum Gasteiger partial charge on any atom is -0.388 e. The number of hydrogen-bond donors (Lipinski definition) is 1. The van der Waals surface area contributed by atoms with Gasteiger partial charge >= 0.3 is 0 Å². The van der Waals surface area contributed by atoms with Gasteiger partial charge in [-0.25, -0.2) is 0 Å². The van der Waals surface area contributed by atoms with Crippen LogP contribution in [0.4, 0.5) is 0 Å². The van der Waals surface area contributed by atoms with Crippen LogP contribution < -0.4 is 0 Å². The molecule has 1 saturated heterocycles. The summed E-state index contributed by atoms with van der Waals surface area (Å²) in [6.45, 7) is 6.83. The van der Waals surface area contributed by atoms with Crippen molar-refractivity contribution in [2.24, 2.45) is 0 Å². The molecule has 0 aliphatic carbocycles. The molecule has 1 amide bonds. The van der Waals surface area contributed by atoms with Gasteiger partial charge in [0.2, 0.25) is 0 Å². The Labute approximate surface area is 139 Å². The van der Waals surface area contributed by atoms with E-state index in [1.807, 2.05) is 35.5 Å². The molecule has 6 nitrogen and oxygen atoms in total. The molecule has 0 unspecified atom stereocenters. The van der Waals surface area contributed by atoms with Crippen LogP contribution in [-0.2, 0) is 6.54 Å². The standard InChI is InChI=1S/C17H30N4O2/c1-5-9-21-14(2)15(12-18-21)16(22)20-10-6-7-17(23,8-11-20)13-19(3)4/h12,23H,5-11,13H2,1-4H3/t17-/m1/s1. The fourth-order valence-corrected chi connectivity index (χ4v) is 3.39. The van der Waals surface area contributed by atoms with Crippen molar-refractivity contribution in [3.05, 3.63) is 17.5 Å². The van der Waals surface area contributed by atoms with Crippen molar-refractivity contribution in [3.8, 4) is 0 Å². The lowest BCUT2D eigenvalue weighted by Gasteiger charge is -2.29. The molecule has 1 aromatic heterocycles. The highest BCUT2D eigenvalue weighted by Gasteiger charge is 2.32. The number of carbonyl (C=O) groups is 1. The van der Waals surface area contributed by atoms with Crippen LogP contribution in [0.15, 0.2) is 6.20 Å². The highest BCUT2D eigenvalue weighted by Crippen LogP contribution is 2.24. The third kappa shape index (κ3) is 4.32. The minimum atomic E-state index is -0.694. The molecule has 0 aromatic carbocycles. The molecule has 1 atom stereocenters. The molecule has 0 saturated carbocycles. The van der Waals surface area contributed by atoms with Gasteiger partial charge in [0.15, 0.2) is 0 Å². The van der Waals surface area contributed by atoms with Crippen LogP contribution in [0.2, 0.25) is 0 Å². The zero-order chi connectivity index (χ0) is 17.0. The van der Waals surface area contributed by atoms with Crippen molar-refractivity contribution >= 4 is 5.91 Å². The highest BCUT2D eigenvalue weighted by molar-refractivity contribution is 5.95. The fourth-order valence-electron chi connectivity index (χ4n) is 3.39. The SMILES string of the molecule is CCCn1ncc(C(=O)N2CCC[C@](O)(CN(C)C)CC2)c1C. The summed E-state index contributed by atoms with van der Waals surface area (Å²) < 4.78 is 1.90. The Kier molecular flexibility index (Phi) is 5.81. The predicted molar refractivity (Wildman–Crippen MR) is 90.5 cm³/mol. The highest BCUT2D eigenvalue weighted by atomic mass is 16.3. The quantitative estimate of drug-likeness (QED) is 0.893. The zero-order valence-corrected chi connectivity index (χ0v) is 14.9. The number of aromatic nitrogens is 2. The number of nitrogens with zero attached hydrogens (tertiary/aromatic N) is 4. The second kappa shape index (κ2) is 7.45. The van der Waals surface area contributed by atoms with E-state index >= 15 is 0 Å². The van der Waals surface area contributed by atoms with Gasteiger partial charge in [0.1, 0.15) is 0 Å². The van der Waals surface area contributed by atoms with E-state index < -0.39 is 5.60 Å². The van der Waals surface area contributed by atoms with Gasteiger partial charge in [0, 0.05) is 31.9 Å². The number of aryl methyl sites for hydroxylation is 1. The van der Waals surface area contributed by atoms with Crippen molar-refractivity contribution in [1.82, 2.24) is 19.6 Å². The second-order valence-corrected chi connectivity index (χ2v) is 6.97. The van der Waals surface area contributed by atoms with Crippen LogP contribution in [0.5, 0.6) is 0 Å². The number of rotatable bonds is 5. The van der Waals surface area contributed by atoms with E-state index in [9.17, 15) is 9.90 Å². The molecule has 1 aliphatic rings. The number of amides is 1. The van der Waals surface area contributed by atoms with E-state index in [0.29, 0.717) is 31.6 Å². The Morgan fingerprint density at radius 1 is 1.39 bits per heavy atom. The maximum atomic E-state index is 12.8. The van der Waals surface area contributed by atoms with E-state index in [4.69, 9.17) is 0 Å². The van der Waals surface area contributed by atoms with E-state index in [2.05, 4.69) is 12.0 Å². The third-order valence-electron chi connectivity index (χ3n) is 4.58. The molecule has 0 bridgehead atoms. The van der Waals surface area contributed by atoms with E-state index in [1.54, 1.807) is 6.20 Å². The van der Waals surface area contributed by atoms with Crippen molar-refractivity contribution < 1.29 is 9.90 Å². The number of likely N-dealkylation sites (tertiary alicyclic amines) is 1. The van der Waals surface area contributed by atoms with Crippen molar-refractivity contribution in [2.45, 2.75) is 51.7 Å². The van der Waals surface area contributed by atoms with Gasteiger partial charge in [0.25, 0.3) is 5.91 Å². The number of aliphatic hydroxyl groups is 1. The Balaban J connectivity index is 2.06. The second-order valence-electron chi connectivity index (χ2n) is 6.97. The normalized spacial score (nSPS) is 22.4. The van der Waals surface area contributed by atoms with Gasteiger partial charge < -0.3 is 14.9 Å². The van der Waals surface area contributed by atoms with Crippen LogP contribution in [0, 0.1) is 6.92 Å². The first kappa shape index (κ1) is 17.9. The topological polar surface area (TPSA) is 61.6 Å². The van der Waals surface area contributed by atoms with Gasteiger partial charge in [-0.3, -0.25) is 9.48 Å². The van der Waals surface area contributed by atoms with E-state index in [-0.39, 0.29) is 5.91 Å². The van der Waals surface area contributed by atoms with Crippen LogP contribution in [-0.4, -0.2) is 69.9 Å². The number of hydrogen-bond acceptors (Lipinski definition) is 4. The smallest absolute Gasteiger partial charge is 0.257 e. The summed E-state index contributed by atoms with van der Waals surface area (Å²) in [5.74, 6) is 0.0407. The maximum absolute atomic E-state index is 12.8. The Morgan fingerprint density at radius 3 is 2.78 bits per heavy atom. The molecule has 1 aliphatic heterocycles. The van der Waals surface area contributed by atoms with Gasteiger partial charge in [-0.15, -0.1) is 0 Å². The lowest BCUT2D eigenvalue weighted by atomic mass is 9.94. The lowest BCUT2D eigenvalue weighted by Crippen LogP contribution is -2.41. The monoisotopic (exact) mass is 322 g/mol. The molecule has 6 heteroatoms. The molecular formula is C17H30N4O2. The van der Waals surface area contributed by atoms with Crippen LogP contribution in [0.3, 0.4) is 0 Å². The van der Waals surface area contributed by atoms with Gasteiger partial charge in [-0.05, 0) is 46.7 Å². The van der Waals surface area contributed by atoms with Crippen molar-refractivity contribution in [1.29, 1.82) is 0 Å². The van der Waals surface area contributed by atoms with Crippen LogP contribution >= 0.6 is 0 Å². The summed E-state index contributed by atoms with van der Waals surface area (Å²) in [5.41, 5.74) is 0.932. The molecule has 1 fully saturated rings. The molecule has 130 valence electrons. The summed E-state index contributed by atoms with van der Waals surface area (Å²) in [7, 11) is 3.94. The Morgan fingerprint density at radius 2 is 2.13 bits per heavy atom. The largest absolute Gasteiger partial charge is 0.388 e. The first-order valence-electron chi connectivity index (χ1n) is 8.55. The van der Waals surface area contributed by atoms with Crippen molar-refractivity contribution in [3.63, 3.8) is 0 Å². The summed E-state index contributed by atoms with van der Waals surface area (Å²) in [5, 5.41) is 15.1. The zero-order valence-electron chi connectivity index (χ0n) is 14.9. The van der Waals surface area contributed by atoms with Gasteiger partial charge in [-0.1, -0.05) is 6.92 Å².